The number of rotatable bonds is 7. The SMILES string of the molecule is COc1ccc(-c2oc3cc(C)ccc3c(=O)c2OCC(=O)Nc2ccc(C)cc2)cc1OC. The van der Waals surface area contributed by atoms with Crippen molar-refractivity contribution in [2.75, 3.05) is 26.1 Å². The van der Waals surface area contributed by atoms with Crippen LogP contribution in [0.5, 0.6) is 17.2 Å². The molecule has 0 aliphatic carbocycles. The second kappa shape index (κ2) is 9.70. The van der Waals surface area contributed by atoms with Gasteiger partial charge in [-0.05, 0) is 61.9 Å². The van der Waals surface area contributed by atoms with Gasteiger partial charge in [0.1, 0.15) is 5.58 Å². The number of hydrogen-bond donors (Lipinski definition) is 1. The van der Waals surface area contributed by atoms with E-state index in [0.717, 1.165) is 11.1 Å². The molecule has 0 spiro atoms. The van der Waals surface area contributed by atoms with Crippen LogP contribution in [-0.2, 0) is 4.79 Å². The van der Waals surface area contributed by atoms with Crippen molar-refractivity contribution < 1.29 is 23.4 Å². The molecule has 1 aromatic heterocycles. The summed E-state index contributed by atoms with van der Waals surface area (Å²) in [5, 5.41) is 3.13. The van der Waals surface area contributed by atoms with Gasteiger partial charge in [-0.25, -0.2) is 0 Å². The van der Waals surface area contributed by atoms with E-state index >= 15 is 0 Å². The number of anilines is 1. The molecule has 0 saturated carbocycles. The summed E-state index contributed by atoms with van der Waals surface area (Å²) in [6.45, 7) is 3.51. The van der Waals surface area contributed by atoms with Crippen LogP contribution in [0.3, 0.4) is 0 Å². The summed E-state index contributed by atoms with van der Waals surface area (Å²) < 4.78 is 22.6. The summed E-state index contributed by atoms with van der Waals surface area (Å²) in [5.41, 5.74) is 3.27. The first-order chi connectivity index (χ1) is 16.4. The Morgan fingerprint density at radius 2 is 1.59 bits per heavy atom. The van der Waals surface area contributed by atoms with Crippen LogP contribution in [0, 0.1) is 13.8 Å². The highest BCUT2D eigenvalue weighted by molar-refractivity contribution is 5.92. The van der Waals surface area contributed by atoms with Crippen LogP contribution in [0.1, 0.15) is 11.1 Å². The van der Waals surface area contributed by atoms with Crippen molar-refractivity contribution in [3.63, 3.8) is 0 Å². The number of carbonyl (C=O) groups excluding carboxylic acids is 1. The summed E-state index contributed by atoms with van der Waals surface area (Å²) in [7, 11) is 3.06. The summed E-state index contributed by atoms with van der Waals surface area (Å²) in [5.74, 6) is 0.751. The Labute approximate surface area is 196 Å². The van der Waals surface area contributed by atoms with Gasteiger partial charge < -0.3 is 23.9 Å². The van der Waals surface area contributed by atoms with E-state index in [0.29, 0.717) is 33.7 Å². The lowest BCUT2D eigenvalue weighted by Crippen LogP contribution is -2.22. The minimum absolute atomic E-state index is 0.0531. The minimum Gasteiger partial charge on any atom is -0.493 e. The highest BCUT2D eigenvalue weighted by Gasteiger charge is 2.20. The number of fused-ring (bicyclic) bond motifs is 1. The normalized spacial score (nSPS) is 10.7. The second-order valence-corrected chi connectivity index (χ2v) is 7.86. The Hall–Kier alpha value is -4.26. The fraction of sp³-hybridized carbons (Fsp3) is 0.185. The molecule has 0 unspecified atom stereocenters. The smallest absolute Gasteiger partial charge is 0.262 e. The van der Waals surface area contributed by atoms with Crippen LogP contribution < -0.4 is 25.0 Å². The summed E-state index contributed by atoms with van der Waals surface area (Å²) in [6, 6.07) is 17.8. The van der Waals surface area contributed by atoms with Crippen molar-refractivity contribution in [3.8, 4) is 28.6 Å². The lowest BCUT2D eigenvalue weighted by atomic mass is 10.1. The maximum atomic E-state index is 13.3. The minimum atomic E-state index is -0.398. The Bertz CT molecular complexity index is 1410. The van der Waals surface area contributed by atoms with E-state index in [-0.39, 0.29) is 23.5 Å². The largest absolute Gasteiger partial charge is 0.493 e. The molecule has 1 amide bonds. The lowest BCUT2D eigenvalue weighted by Gasteiger charge is -2.14. The number of ether oxygens (including phenoxy) is 3. The molecule has 7 nitrogen and oxygen atoms in total. The van der Waals surface area contributed by atoms with Crippen LogP contribution in [0.15, 0.2) is 69.9 Å². The molecular formula is C27H25NO6. The van der Waals surface area contributed by atoms with Crippen molar-refractivity contribution in [1.82, 2.24) is 0 Å². The molecule has 4 rings (SSSR count). The van der Waals surface area contributed by atoms with E-state index in [1.165, 1.54) is 14.2 Å². The molecule has 7 heteroatoms. The zero-order chi connectivity index (χ0) is 24.2. The van der Waals surface area contributed by atoms with Crippen molar-refractivity contribution in [2.45, 2.75) is 13.8 Å². The highest BCUT2D eigenvalue weighted by atomic mass is 16.5. The van der Waals surface area contributed by atoms with Gasteiger partial charge in [-0.1, -0.05) is 23.8 Å². The molecule has 0 saturated heterocycles. The summed E-state index contributed by atoms with van der Waals surface area (Å²) in [4.78, 5) is 25.9. The Morgan fingerprint density at radius 1 is 0.882 bits per heavy atom. The van der Waals surface area contributed by atoms with Crippen molar-refractivity contribution in [1.29, 1.82) is 0 Å². The predicted octanol–water partition coefficient (Wildman–Crippen LogP) is 5.11. The first kappa shape index (κ1) is 22.9. The zero-order valence-electron chi connectivity index (χ0n) is 19.4. The third kappa shape index (κ3) is 4.73. The quantitative estimate of drug-likeness (QED) is 0.413. The van der Waals surface area contributed by atoms with Gasteiger partial charge in [-0.3, -0.25) is 9.59 Å². The van der Waals surface area contributed by atoms with Gasteiger partial charge in [-0.2, -0.15) is 0 Å². The molecule has 174 valence electrons. The number of nitrogens with one attached hydrogen (secondary N) is 1. The van der Waals surface area contributed by atoms with E-state index < -0.39 is 5.91 Å². The van der Waals surface area contributed by atoms with E-state index in [4.69, 9.17) is 18.6 Å². The van der Waals surface area contributed by atoms with Gasteiger partial charge in [0.05, 0.1) is 19.6 Å². The highest BCUT2D eigenvalue weighted by Crippen LogP contribution is 2.36. The number of hydrogen-bond acceptors (Lipinski definition) is 6. The molecule has 0 aliphatic heterocycles. The molecule has 4 aromatic rings. The fourth-order valence-corrected chi connectivity index (χ4v) is 3.55. The maximum Gasteiger partial charge on any atom is 0.262 e. The van der Waals surface area contributed by atoms with E-state index in [9.17, 15) is 9.59 Å². The monoisotopic (exact) mass is 459 g/mol. The first-order valence-corrected chi connectivity index (χ1v) is 10.7. The molecule has 1 N–H and O–H groups in total. The van der Waals surface area contributed by atoms with Gasteiger partial charge in [-0.15, -0.1) is 0 Å². The zero-order valence-corrected chi connectivity index (χ0v) is 19.4. The number of benzene rings is 3. The summed E-state index contributed by atoms with van der Waals surface area (Å²) in [6.07, 6.45) is 0. The molecular weight excluding hydrogens is 434 g/mol. The number of carbonyl (C=O) groups is 1. The molecule has 0 fully saturated rings. The Balaban J connectivity index is 1.73. The van der Waals surface area contributed by atoms with Crippen LogP contribution in [0.2, 0.25) is 0 Å². The average molecular weight is 459 g/mol. The van der Waals surface area contributed by atoms with Crippen molar-refractivity contribution >= 4 is 22.6 Å². The van der Waals surface area contributed by atoms with Gasteiger partial charge in [0.25, 0.3) is 5.91 Å². The molecule has 0 radical (unpaired) electrons. The first-order valence-electron chi connectivity index (χ1n) is 10.7. The van der Waals surface area contributed by atoms with Crippen LogP contribution in [-0.4, -0.2) is 26.7 Å². The van der Waals surface area contributed by atoms with Crippen LogP contribution in [0.25, 0.3) is 22.3 Å². The second-order valence-electron chi connectivity index (χ2n) is 7.86. The number of aryl methyl sites for hydroxylation is 2. The van der Waals surface area contributed by atoms with Crippen LogP contribution >= 0.6 is 0 Å². The van der Waals surface area contributed by atoms with Crippen molar-refractivity contribution in [3.05, 3.63) is 82.0 Å². The van der Waals surface area contributed by atoms with Gasteiger partial charge in [0.15, 0.2) is 23.9 Å². The average Bonchev–Trinajstić information content (AvgIpc) is 2.84. The topological polar surface area (TPSA) is 87.0 Å². The molecule has 0 atom stereocenters. The third-order valence-electron chi connectivity index (χ3n) is 5.33. The number of amides is 1. The molecule has 34 heavy (non-hydrogen) atoms. The fourth-order valence-electron chi connectivity index (χ4n) is 3.55. The van der Waals surface area contributed by atoms with Crippen molar-refractivity contribution in [2.24, 2.45) is 0 Å². The predicted molar refractivity (Wildman–Crippen MR) is 131 cm³/mol. The van der Waals surface area contributed by atoms with E-state index in [1.807, 2.05) is 32.0 Å². The number of methoxy groups -OCH3 is 2. The molecule has 3 aromatic carbocycles. The molecule has 0 bridgehead atoms. The molecule has 0 aliphatic rings. The van der Waals surface area contributed by atoms with E-state index in [2.05, 4.69) is 5.32 Å². The maximum absolute atomic E-state index is 13.3. The summed E-state index contributed by atoms with van der Waals surface area (Å²) >= 11 is 0. The van der Waals surface area contributed by atoms with Gasteiger partial charge in [0.2, 0.25) is 11.2 Å². The molecule has 1 heterocycles. The standard InChI is InChI=1S/C27H25NO6/c1-16-5-9-19(10-6-16)28-24(29)15-33-27-25(30)20-11-7-17(2)13-22(20)34-26(27)18-8-12-21(31-3)23(14-18)32-4/h5-14H,15H2,1-4H3,(H,28,29). The Morgan fingerprint density at radius 3 is 2.29 bits per heavy atom. The van der Waals surface area contributed by atoms with Gasteiger partial charge in [0, 0.05) is 11.3 Å². The lowest BCUT2D eigenvalue weighted by molar-refractivity contribution is -0.118. The van der Waals surface area contributed by atoms with Gasteiger partial charge >= 0.3 is 0 Å². The van der Waals surface area contributed by atoms with Crippen LogP contribution in [0.4, 0.5) is 5.69 Å². The third-order valence-corrected chi connectivity index (χ3v) is 5.33. The Kier molecular flexibility index (Phi) is 6.54. The van der Waals surface area contributed by atoms with E-state index in [1.54, 1.807) is 42.5 Å².